The summed E-state index contributed by atoms with van der Waals surface area (Å²) in [5, 5.41) is 9.72. The molecule has 0 bridgehead atoms. The molecule has 228 valence electrons. The van der Waals surface area contributed by atoms with Gasteiger partial charge in [-0.25, -0.2) is 14.8 Å². The first kappa shape index (κ1) is 30.4. The van der Waals surface area contributed by atoms with Crippen LogP contribution in [0.2, 0.25) is 0 Å². The number of hydrogen-bond donors (Lipinski definition) is 1. The van der Waals surface area contributed by atoms with E-state index < -0.39 is 6.09 Å². The number of likely N-dealkylation sites (tertiary alicyclic amines) is 1. The number of imidazole rings is 1. The molecule has 9 heteroatoms. The van der Waals surface area contributed by atoms with Gasteiger partial charge in [-0.3, -0.25) is 14.7 Å². The Labute approximate surface area is 251 Å². The van der Waals surface area contributed by atoms with E-state index in [0.29, 0.717) is 13.1 Å². The second kappa shape index (κ2) is 12.7. The molecular weight excluding hydrogens is 526 g/mol. The number of amides is 1. The Balaban J connectivity index is 1.35. The summed E-state index contributed by atoms with van der Waals surface area (Å²) in [4.78, 5) is 31.0. The van der Waals surface area contributed by atoms with E-state index in [0.717, 1.165) is 68.9 Å². The summed E-state index contributed by atoms with van der Waals surface area (Å²) >= 11 is 0. The van der Waals surface area contributed by atoms with Gasteiger partial charge in [-0.1, -0.05) is 43.7 Å². The molecule has 4 heterocycles. The number of benzene rings is 1. The molecule has 1 N–H and O–H groups in total. The van der Waals surface area contributed by atoms with E-state index in [9.17, 15) is 9.90 Å². The largest absolute Gasteiger partial charge is 0.465 e. The topological polar surface area (TPSA) is 81.0 Å². The maximum Gasteiger partial charge on any atom is 0.407 e. The van der Waals surface area contributed by atoms with Gasteiger partial charge >= 0.3 is 6.09 Å². The van der Waals surface area contributed by atoms with Gasteiger partial charge in [0.2, 0.25) is 0 Å². The summed E-state index contributed by atoms with van der Waals surface area (Å²) in [7, 11) is 4.42. The van der Waals surface area contributed by atoms with Crippen LogP contribution in [0.5, 0.6) is 0 Å². The van der Waals surface area contributed by atoms with Gasteiger partial charge in [0, 0.05) is 63.1 Å². The number of carbonyl (C=O) groups is 1. The number of pyridine rings is 1. The molecule has 0 aliphatic carbocycles. The number of hydrogen-bond acceptors (Lipinski definition) is 6. The smallest absolute Gasteiger partial charge is 0.407 e. The Morgan fingerprint density at radius 3 is 2.33 bits per heavy atom. The van der Waals surface area contributed by atoms with Crippen molar-refractivity contribution in [3.05, 3.63) is 59.5 Å². The second-order valence-corrected chi connectivity index (χ2v) is 12.6. The van der Waals surface area contributed by atoms with E-state index in [1.54, 1.807) is 4.90 Å². The molecule has 2 aromatic heterocycles. The van der Waals surface area contributed by atoms with Crippen LogP contribution in [0.1, 0.15) is 76.4 Å². The van der Waals surface area contributed by atoms with E-state index in [2.05, 4.69) is 83.6 Å². The van der Waals surface area contributed by atoms with Crippen molar-refractivity contribution in [2.24, 2.45) is 0 Å². The molecule has 2 aliphatic rings. The van der Waals surface area contributed by atoms with Gasteiger partial charge in [0.05, 0.1) is 6.04 Å². The van der Waals surface area contributed by atoms with Crippen LogP contribution in [0, 0.1) is 0 Å². The molecule has 2 saturated heterocycles. The lowest BCUT2D eigenvalue weighted by Gasteiger charge is -2.46. The highest BCUT2D eigenvalue weighted by Crippen LogP contribution is 2.38. The molecule has 2 aliphatic heterocycles. The van der Waals surface area contributed by atoms with E-state index in [1.165, 1.54) is 11.1 Å². The number of aromatic nitrogens is 3. The van der Waals surface area contributed by atoms with Crippen LogP contribution in [0.3, 0.4) is 0 Å². The van der Waals surface area contributed by atoms with E-state index >= 15 is 0 Å². The van der Waals surface area contributed by atoms with Crippen molar-refractivity contribution in [3.63, 3.8) is 0 Å². The van der Waals surface area contributed by atoms with Crippen LogP contribution in [-0.4, -0.2) is 97.7 Å². The lowest BCUT2D eigenvalue weighted by molar-refractivity contribution is 0.0174. The maximum absolute atomic E-state index is 11.8. The number of aryl methyl sites for hydroxylation is 1. The third kappa shape index (κ3) is 5.79. The first-order chi connectivity index (χ1) is 20.2. The van der Waals surface area contributed by atoms with Crippen LogP contribution < -0.4 is 0 Å². The van der Waals surface area contributed by atoms with Crippen LogP contribution in [-0.2, 0) is 18.6 Å². The fourth-order valence-electron chi connectivity index (χ4n) is 7.55. The number of rotatable bonds is 9. The molecule has 3 atom stereocenters. The van der Waals surface area contributed by atoms with Crippen molar-refractivity contribution >= 4 is 17.3 Å². The zero-order valence-corrected chi connectivity index (χ0v) is 26.3. The SMILES string of the molecule is CCCC(c1nc2cc(CN3CCC(c4ccccc4)(N(C)C)CC3)cnc2n1CC)N1CC(C)N(C(=O)O)C(C)C1. The van der Waals surface area contributed by atoms with Crippen molar-refractivity contribution in [1.29, 1.82) is 0 Å². The average Bonchev–Trinajstić information content (AvgIpc) is 3.33. The van der Waals surface area contributed by atoms with Gasteiger partial charge in [0.1, 0.15) is 11.3 Å². The number of carboxylic acid groups (broad SMARTS) is 1. The van der Waals surface area contributed by atoms with Crippen molar-refractivity contribution < 1.29 is 9.90 Å². The summed E-state index contributed by atoms with van der Waals surface area (Å²) < 4.78 is 2.27. The van der Waals surface area contributed by atoms with Crippen LogP contribution >= 0.6 is 0 Å². The summed E-state index contributed by atoms with van der Waals surface area (Å²) in [6, 6.07) is 13.2. The molecule has 3 aromatic rings. The van der Waals surface area contributed by atoms with Gasteiger partial charge < -0.3 is 14.6 Å². The number of piperidine rings is 1. The summed E-state index contributed by atoms with van der Waals surface area (Å²) in [5.41, 5.74) is 4.59. The van der Waals surface area contributed by atoms with Gasteiger partial charge in [0.25, 0.3) is 0 Å². The first-order valence-electron chi connectivity index (χ1n) is 15.7. The van der Waals surface area contributed by atoms with Crippen molar-refractivity contribution in [2.75, 3.05) is 40.3 Å². The molecule has 9 nitrogen and oxygen atoms in total. The van der Waals surface area contributed by atoms with E-state index in [-0.39, 0.29) is 23.7 Å². The van der Waals surface area contributed by atoms with Crippen LogP contribution in [0.15, 0.2) is 42.6 Å². The Kier molecular flexibility index (Phi) is 9.20. The highest BCUT2D eigenvalue weighted by molar-refractivity contribution is 5.72. The third-order valence-corrected chi connectivity index (χ3v) is 9.71. The predicted molar refractivity (Wildman–Crippen MR) is 168 cm³/mol. The molecule has 0 saturated carbocycles. The maximum atomic E-state index is 11.8. The number of piperazine rings is 1. The Morgan fingerprint density at radius 1 is 1.10 bits per heavy atom. The standard InChI is InChI=1S/C33H49N7O2/c1-7-12-29(38-21-24(3)40(32(41)42)25(4)22-38)31-35-28-19-26(20-34-30(28)39(31)8-2)23-37-17-15-33(16-18-37,36(5)6)27-13-10-9-11-14-27/h9-11,13-14,19-20,24-25,29H,7-8,12,15-18,21-23H2,1-6H3,(H,41,42). The predicted octanol–water partition coefficient (Wildman–Crippen LogP) is 5.42. The fourth-order valence-corrected chi connectivity index (χ4v) is 7.55. The summed E-state index contributed by atoms with van der Waals surface area (Å²) in [6.07, 6.45) is 5.41. The fraction of sp³-hybridized carbons (Fsp3) is 0.606. The lowest BCUT2D eigenvalue weighted by atomic mass is 9.79. The van der Waals surface area contributed by atoms with Crippen molar-refractivity contribution in [3.8, 4) is 0 Å². The van der Waals surface area contributed by atoms with Gasteiger partial charge in [-0.05, 0) is 71.3 Å². The third-order valence-electron chi connectivity index (χ3n) is 9.71. The van der Waals surface area contributed by atoms with E-state index in [1.807, 2.05) is 20.0 Å². The Bertz CT molecular complexity index is 1340. The molecule has 3 unspecified atom stereocenters. The number of fused-ring (bicyclic) bond motifs is 1. The number of nitrogens with zero attached hydrogens (tertiary/aromatic N) is 7. The molecule has 2 fully saturated rings. The first-order valence-corrected chi connectivity index (χ1v) is 15.7. The van der Waals surface area contributed by atoms with Crippen molar-refractivity contribution in [2.45, 2.75) is 90.1 Å². The quantitative estimate of drug-likeness (QED) is 0.365. The van der Waals surface area contributed by atoms with Gasteiger partial charge in [-0.2, -0.15) is 0 Å². The highest BCUT2D eigenvalue weighted by Gasteiger charge is 2.39. The Morgan fingerprint density at radius 2 is 1.76 bits per heavy atom. The van der Waals surface area contributed by atoms with Crippen LogP contribution in [0.4, 0.5) is 4.79 Å². The highest BCUT2D eigenvalue weighted by atomic mass is 16.4. The normalized spacial score (nSPS) is 22.6. The zero-order valence-electron chi connectivity index (χ0n) is 26.3. The minimum atomic E-state index is -0.833. The minimum absolute atomic E-state index is 0.0625. The van der Waals surface area contributed by atoms with Gasteiger partial charge in [0.15, 0.2) is 5.65 Å². The Hall–Kier alpha value is -3.01. The lowest BCUT2D eigenvalue weighted by Crippen LogP contribution is -2.59. The zero-order chi connectivity index (χ0) is 30.0. The second-order valence-electron chi connectivity index (χ2n) is 12.6. The van der Waals surface area contributed by atoms with E-state index in [4.69, 9.17) is 9.97 Å². The summed E-state index contributed by atoms with van der Waals surface area (Å²) in [5.74, 6) is 1.05. The average molecular weight is 576 g/mol. The molecular formula is C33H49N7O2. The monoisotopic (exact) mass is 575 g/mol. The van der Waals surface area contributed by atoms with Crippen molar-refractivity contribution in [1.82, 2.24) is 34.1 Å². The molecule has 5 rings (SSSR count). The minimum Gasteiger partial charge on any atom is -0.465 e. The summed E-state index contributed by atoms with van der Waals surface area (Å²) in [6.45, 7) is 13.6. The molecule has 42 heavy (non-hydrogen) atoms. The molecule has 0 radical (unpaired) electrons. The molecule has 1 aromatic carbocycles. The molecule has 0 spiro atoms. The molecule has 1 amide bonds. The van der Waals surface area contributed by atoms with Gasteiger partial charge in [-0.15, -0.1) is 0 Å². The van der Waals surface area contributed by atoms with Crippen LogP contribution in [0.25, 0.3) is 11.2 Å².